The van der Waals surface area contributed by atoms with Crippen molar-refractivity contribution in [2.75, 3.05) is 26.2 Å². The van der Waals surface area contributed by atoms with Crippen LogP contribution >= 0.6 is 11.3 Å². The number of rotatable bonds is 3. The second-order valence-electron chi connectivity index (χ2n) is 6.53. The van der Waals surface area contributed by atoms with Gasteiger partial charge in [-0.1, -0.05) is 0 Å². The highest BCUT2D eigenvalue weighted by Crippen LogP contribution is 2.19. The Kier molecular flexibility index (Phi) is 5.33. The van der Waals surface area contributed by atoms with E-state index in [0.29, 0.717) is 0 Å². The second-order valence-corrected chi connectivity index (χ2v) is 7.81. The first kappa shape index (κ1) is 16.5. The number of piperidine rings is 2. The minimum atomic E-state index is 0.0179. The van der Waals surface area contributed by atoms with Crippen molar-refractivity contribution in [3.8, 4) is 0 Å². The van der Waals surface area contributed by atoms with E-state index in [-0.39, 0.29) is 23.8 Å². The van der Waals surface area contributed by atoms with Gasteiger partial charge in [0.15, 0.2) is 0 Å². The van der Waals surface area contributed by atoms with Crippen LogP contribution in [0.4, 0.5) is 0 Å². The van der Waals surface area contributed by atoms with E-state index in [1.165, 1.54) is 11.3 Å². The van der Waals surface area contributed by atoms with Crippen LogP contribution in [-0.4, -0.2) is 48.9 Å². The Labute approximate surface area is 141 Å². The maximum Gasteiger partial charge on any atom is 0.261 e. The predicted molar refractivity (Wildman–Crippen MR) is 91.7 cm³/mol. The molecule has 6 heteroatoms. The Morgan fingerprint density at radius 1 is 1.26 bits per heavy atom. The molecule has 2 saturated heterocycles. The Morgan fingerprint density at radius 2 is 2.04 bits per heavy atom. The van der Waals surface area contributed by atoms with E-state index in [0.717, 1.165) is 61.6 Å². The van der Waals surface area contributed by atoms with Crippen LogP contribution < -0.4 is 10.6 Å². The van der Waals surface area contributed by atoms with Gasteiger partial charge >= 0.3 is 0 Å². The van der Waals surface area contributed by atoms with Gasteiger partial charge in [-0.05, 0) is 51.3 Å². The van der Waals surface area contributed by atoms with Crippen LogP contribution in [0.15, 0.2) is 12.1 Å². The third-order valence-electron chi connectivity index (χ3n) is 4.75. The Bertz CT molecular complexity index is 558. The molecule has 1 unspecified atom stereocenters. The molecular formula is C17H25N3O2S. The first-order valence-electron chi connectivity index (χ1n) is 8.50. The first-order valence-corrected chi connectivity index (χ1v) is 9.32. The highest BCUT2D eigenvalue weighted by Gasteiger charge is 2.29. The van der Waals surface area contributed by atoms with Gasteiger partial charge in [0, 0.05) is 30.6 Å². The SMILES string of the molecule is Cc1ccc(C(=O)NC2CCN(C(=O)C3CCCNC3)CC2)s1. The highest BCUT2D eigenvalue weighted by molar-refractivity contribution is 7.13. The predicted octanol–water partition coefficient (Wildman–Crippen LogP) is 1.78. The minimum Gasteiger partial charge on any atom is -0.348 e. The summed E-state index contributed by atoms with van der Waals surface area (Å²) < 4.78 is 0. The van der Waals surface area contributed by atoms with Crippen LogP contribution in [0.3, 0.4) is 0 Å². The zero-order chi connectivity index (χ0) is 16.2. The van der Waals surface area contributed by atoms with E-state index in [9.17, 15) is 9.59 Å². The molecule has 23 heavy (non-hydrogen) atoms. The van der Waals surface area contributed by atoms with E-state index >= 15 is 0 Å². The molecule has 1 atom stereocenters. The number of amides is 2. The van der Waals surface area contributed by atoms with Gasteiger partial charge in [-0.25, -0.2) is 0 Å². The lowest BCUT2D eigenvalue weighted by Crippen LogP contribution is -2.49. The number of nitrogens with one attached hydrogen (secondary N) is 2. The molecule has 5 nitrogen and oxygen atoms in total. The molecule has 2 amide bonds. The number of aryl methyl sites for hydroxylation is 1. The molecule has 126 valence electrons. The summed E-state index contributed by atoms with van der Waals surface area (Å²) in [5.74, 6) is 0.448. The van der Waals surface area contributed by atoms with Gasteiger partial charge in [0.25, 0.3) is 5.91 Å². The topological polar surface area (TPSA) is 61.4 Å². The lowest BCUT2D eigenvalue weighted by molar-refractivity contribution is -0.137. The van der Waals surface area contributed by atoms with E-state index in [2.05, 4.69) is 10.6 Å². The van der Waals surface area contributed by atoms with Crippen LogP contribution in [-0.2, 0) is 4.79 Å². The molecule has 2 N–H and O–H groups in total. The fourth-order valence-corrected chi connectivity index (χ4v) is 4.15. The lowest BCUT2D eigenvalue weighted by atomic mass is 9.96. The fraction of sp³-hybridized carbons (Fsp3) is 0.647. The molecule has 0 bridgehead atoms. The van der Waals surface area contributed by atoms with Crippen molar-refractivity contribution in [2.24, 2.45) is 5.92 Å². The maximum atomic E-state index is 12.5. The molecule has 1 aromatic heterocycles. The number of hydrogen-bond acceptors (Lipinski definition) is 4. The number of nitrogens with zero attached hydrogens (tertiary/aromatic N) is 1. The minimum absolute atomic E-state index is 0.0179. The van der Waals surface area contributed by atoms with Crippen LogP contribution in [0, 0.1) is 12.8 Å². The maximum absolute atomic E-state index is 12.5. The molecule has 0 radical (unpaired) electrons. The molecule has 2 aliphatic rings. The molecule has 2 aliphatic heterocycles. The summed E-state index contributed by atoms with van der Waals surface area (Å²) in [5.41, 5.74) is 0. The number of thiophene rings is 1. The summed E-state index contributed by atoms with van der Waals surface area (Å²) >= 11 is 1.53. The van der Waals surface area contributed by atoms with Crippen LogP contribution in [0.5, 0.6) is 0 Å². The summed E-state index contributed by atoms with van der Waals surface area (Å²) in [6.45, 7) is 5.35. The smallest absolute Gasteiger partial charge is 0.261 e. The van der Waals surface area contributed by atoms with Crippen molar-refractivity contribution in [3.63, 3.8) is 0 Å². The van der Waals surface area contributed by atoms with E-state index in [4.69, 9.17) is 0 Å². The summed E-state index contributed by atoms with van der Waals surface area (Å²) in [6, 6.07) is 4.03. The van der Waals surface area contributed by atoms with Crippen LogP contribution in [0.1, 0.15) is 40.2 Å². The van der Waals surface area contributed by atoms with E-state index < -0.39 is 0 Å². The standard InChI is InChI=1S/C17H25N3O2S/c1-12-4-5-15(23-12)16(21)19-14-6-9-20(10-7-14)17(22)13-3-2-8-18-11-13/h4-5,13-14,18H,2-3,6-11H2,1H3,(H,19,21). The largest absolute Gasteiger partial charge is 0.348 e. The molecule has 3 heterocycles. The third-order valence-corrected chi connectivity index (χ3v) is 5.75. The highest BCUT2D eigenvalue weighted by atomic mass is 32.1. The average molecular weight is 335 g/mol. The molecule has 0 saturated carbocycles. The van der Waals surface area contributed by atoms with Gasteiger partial charge in [-0.15, -0.1) is 11.3 Å². The van der Waals surface area contributed by atoms with Crippen molar-refractivity contribution >= 4 is 23.2 Å². The fourth-order valence-electron chi connectivity index (χ4n) is 3.38. The van der Waals surface area contributed by atoms with Crippen molar-refractivity contribution in [2.45, 2.75) is 38.6 Å². The van der Waals surface area contributed by atoms with Gasteiger partial charge in [0.2, 0.25) is 5.91 Å². The molecule has 0 aromatic carbocycles. The molecule has 0 spiro atoms. The number of hydrogen-bond donors (Lipinski definition) is 2. The van der Waals surface area contributed by atoms with Crippen LogP contribution in [0.25, 0.3) is 0 Å². The molecule has 0 aliphatic carbocycles. The van der Waals surface area contributed by atoms with E-state index in [1.54, 1.807) is 0 Å². The monoisotopic (exact) mass is 335 g/mol. The lowest BCUT2D eigenvalue weighted by Gasteiger charge is -2.35. The molecule has 2 fully saturated rings. The Hall–Kier alpha value is -1.40. The van der Waals surface area contributed by atoms with Gasteiger partial charge in [0.05, 0.1) is 10.8 Å². The van der Waals surface area contributed by atoms with Gasteiger partial charge in [0.1, 0.15) is 0 Å². The zero-order valence-corrected chi connectivity index (χ0v) is 14.5. The van der Waals surface area contributed by atoms with Crippen LogP contribution in [0.2, 0.25) is 0 Å². The van der Waals surface area contributed by atoms with Crippen molar-refractivity contribution in [3.05, 3.63) is 21.9 Å². The summed E-state index contributed by atoms with van der Waals surface area (Å²) in [6.07, 6.45) is 3.79. The van der Waals surface area contributed by atoms with Crippen molar-refractivity contribution in [1.82, 2.24) is 15.5 Å². The van der Waals surface area contributed by atoms with E-state index in [1.807, 2.05) is 24.0 Å². The van der Waals surface area contributed by atoms with Gasteiger partial charge < -0.3 is 15.5 Å². The molecular weight excluding hydrogens is 310 g/mol. The number of likely N-dealkylation sites (tertiary alicyclic amines) is 1. The Balaban J connectivity index is 1.46. The summed E-state index contributed by atoms with van der Waals surface area (Å²) in [4.78, 5) is 28.6. The first-order chi connectivity index (χ1) is 11.1. The molecule has 1 aromatic rings. The van der Waals surface area contributed by atoms with Gasteiger partial charge in [-0.3, -0.25) is 9.59 Å². The summed E-state index contributed by atoms with van der Waals surface area (Å²) in [7, 11) is 0. The van der Waals surface area contributed by atoms with Gasteiger partial charge in [-0.2, -0.15) is 0 Å². The normalized spacial score (nSPS) is 22.8. The second kappa shape index (κ2) is 7.45. The number of carbonyl (C=O) groups excluding carboxylic acids is 2. The van der Waals surface area contributed by atoms with Crippen molar-refractivity contribution in [1.29, 1.82) is 0 Å². The summed E-state index contributed by atoms with van der Waals surface area (Å²) in [5, 5.41) is 6.42. The number of carbonyl (C=O) groups is 2. The quantitative estimate of drug-likeness (QED) is 0.885. The zero-order valence-electron chi connectivity index (χ0n) is 13.6. The van der Waals surface area contributed by atoms with Crippen molar-refractivity contribution < 1.29 is 9.59 Å². The molecule has 3 rings (SSSR count). The average Bonchev–Trinajstić information content (AvgIpc) is 3.02. The Morgan fingerprint density at radius 3 is 2.65 bits per heavy atom. The third kappa shape index (κ3) is 4.12.